The minimum Gasteiger partial charge on any atom is -0.462 e. The van der Waals surface area contributed by atoms with Crippen molar-refractivity contribution < 1.29 is 28.6 Å². The lowest BCUT2D eigenvalue weighted by molar-refractivity contribution is -0.166. The van der Waals surface area contributed by atoms with Crippen LogP contribution in [0.15, 0.2) is 60.8 Å². The normalized spacial score (nSPS) is 12.5. The van der Waals surface area contributed by atoms with Gasteiger partial charge in [-0.2, -0.15) is 0 Å². The Kier molecular flexibility index (Phi) is 52.3. The van der Waals surface area contributed by atoms with Crippen molar-refractivity contribution in [1.29, 1.82) is 0 Å². The van der Waals surface area contributed by atoms with Crippen LogP contribution in [-0.4, -0.2) is 37.2 Å². The first-order chi connectivity index (χ1) is 32.5. The van der Waals surface area contributed by atoms with Crippen LogP contribution in [0.1, 0.15) is 284 Å². The maximum absolute atomic E-state index is 12.8. The number of esters is 3. The molecule has 0 aliphatic heterocycles. The van der Waals surface area contributed by atoms with E-state index in [0.717, 1.165) is 64.2 Å². The number of hydrogen-bond acceptors (Lipinski definition) is 6. The Morgan fingerprint density at radius 2 is 0.621 bits per heavy atom. The fourth-order valence-electron chi connectivity index (χ4n) is 8.04. The molecule has 0 saturated heterocycles. The molecule has 6 nitrogen and oxygen atoms in total. The zero-order chi connectivity index (χ0) is 47.9. The summed E-state index contributed by atoms with van der Waals surface area (Å²) in [6.07, 6.45) is 68.0. The number of carbonyl (C=O) groups excluding carboxylic acids is 3. The molecule has 0 aromatic rings. The molecule has 0 heterocycles. The summed E-state index contributed by atoms with van der Waals surface area (Å²) in [7, 11) is 0. The van der Waals surface area contributed by atoms with Crippen molar-refractivity contribution >= 4 is 17.9 Å². The van der Waals surface area contributed by atoms with Crippen molar-refractivity contribution in [1.82, 2.24) is 0 Å². The SMILES string of the molecule is CC/C=C\C/C=C\C/C=C\C/C=C\CCC(=O)OCC(COC(=O)CCCCCCCCCCC/C=C\CCCCCCCCCC)OC(=O)CCCCCCCCCCCCCCCC. The predicted molar refractivity (Wildman–Crippen MR) is 284 cm³/mol. The summed E-state index contributed by atoms with van der Waals surface area (Å²) in [4.78, 5) is 38.0. The first-order valence-electron chi connectivity index (χ1n) is 28.3. The summed E-state index contributed by atoms with van der Waals surface area (Å²) in [5, 5.41) is 0. The second-order valence-corrected chi connectivity index (χ2v) is 18.8. The van der Waals surface area contributed by atoms with Crippen LogP contribution in [0.2, 0.25) is 0 Å². The molecule has 0 aliphatic carbocycles. The Morgan fingerprint density at radius 1 is 0.318 bits per heavy atom. The number of ether oxygens (including phenoxy) is 3. The molecule has 0 saturated carbocycles. The van der Waals surface area contributed by atoms with Crippen LogP contribution in [-0.2, 0) is 28.6 Å². The first kappa shape index (κ1) is 63.1. The topological polar surface area (TPSA) is 78.9 Å². The van der Waals surface area contributed by atoms with E-state index < -0.39 is 6.10 Å². The van der Waals surface area contributed by atoms with Gasteiger partial charge in [0, 0.05) is 19.3 Å². The molecule has 6 heteroatoms. The van der Waals surface area contributed by atoms with Crippen LogP contribution in [0.3, 0.4) is 0 Å². The molecule has 1 atom stereocenters. The highest BCUT2D eigenvalue weighted by Gasteiger charge is 2.19. The van der Waals surface area contributed by atoms with Gasteiger partial charge in [-0.1, -0.05) is 255 Å². The summed E-state index contributed by atoms with van der Waals surface area (Å²) in [6, 6.07) is 0. The van der Waals surface area contributed by atoms with E-state index in [4.69, 9.17) is 14.2 Å². The Hall–Kier alpha value is -2.89. The van der Waals surface area contributed by atoms with Crippen molar-refractivity contribution in [3.05, 3.63) is 60.8 Å². The molecule has 0 radical (unpaired) electrons. The third-order valence-electron chi connectivity index (χ3n) is 12.3. The molecule has 1 unspecified atom stereocenters. The van der Waals surface area contributed by atoms with Gasteiger partial charge in [-0.15, -0.1) is 0 Å². The minimum absolute atomic E-state index is 0.0947. The number of unbranched alkanes of at least 4 members (excludes halogenated alkanes) is 30. The van der Waals surface area contributed by atoms with E-state index in [2.05, 4.69) is 75.5 Å². The highest BCUT2D eigenvalue weighted by molar-refractivity contribution is 5.71. The summed E-state index contributed by atoms with van der Waals surface area (Å²) in [6.45, 7) is 6.48. The predicted octanol–water partition coefficient (Wildman–Crippen LogP) is 18.8. The van der Waals surface area contributed by atoms with Crippen LogP contribution in [0, 0.1) is 0 Å². The molecule has 0 bridgehead atoms. The van der Waals surface area contributed by atoms with Gasteiger partial charge in [-0.05, 0) is 70.6 Å². The number of carbonyl (C=O) groups is 3. The van der Waals surface area contributed by atoms with Gasteiger partial charge in [0.1, 0.15) is 13.2 Å². The summed E-state index contributed by atoms with van der Waals surface area (Å²) in [5.41, 5.74) is 0. The van der Waals surface area contributed by atoms with Crippen LogP contribution >= 0.6 is 0 Å². The molecule has 0 rings (SSSR count). The third-order valence-corrected chi connectivity index (χ3v) is 12.3. The van der Waals surface area contributed by atoms with E-state index in [1.165, 1.54) is 173 Å². The lowest BCUT2D eigenvalue weighted by Crippen LogP contribution is -2.30. The van der Waals surface area contributed by atoms with Gasteiger partial charge in [-0.3, -0.25) is 14.4 Å². The molecule has 0 fully saturated rings. The van der Waals surface area contributed by atoms with Crippen molar-refractivity contribution in [3.8, 4) is 0 Å². The minimum atomic E-state index is -0.801. The Bertz CT molecular complexity index is 1200. The monoisotopic (exact) mass is 923 g/mol. The highest BCUT2D eigenvalue weighted by atomic mass is 16.6. The zero-order valence-electron chi connectivity index (χ0n) is 43.7. The molecule has 0 aromatic heterocycles. The molecule has 0 amide bonds. The number of rotatable bonds is 51. The van der Waals surface area contributed by atoms with Crippen molar-refractivity contribution in [2.75, 3.05) is 13.2 Å². The standard InChI is InChI=1S/C60H106O6/c1-4-7-10-13-16-19-22-25-27-28-29-30-31-32-33-36-38-41-44-47-50-53-59(62)65-56-57(55-64-58(61)52-49-46-43-40-37-34-24-21-18-15-12-9-6-3)66-60(63)54-51-48-45-42-39-35-26-23-20-17-14-11-8-5-2/h9,12,18,21,28-29,34,37,43,46,57H,4-8,10-11,13-17,19-20,22-27,30-33,35-36,38-42,44-45,47-56H2,1-3H3/b12-9-,21-18-,29-28-,37-34-,46-43-. The van der Waals surface area contributed by atoms with Crippen molar-refractivity contribution in [2.24, 2.45) is 0 Å². The molecular formula is C60H106O6. The lowest BCUT2D eigenvalue weighted by Gasteiger charge is -2.18. The molecule has 0 spiro atoms. The number of allylic oxidation sites excluding steroid dienone is 10. The molecule has 0 N–H and O–H groups in total. The van der Waals surface area contributed by atoms with E-state index in [-0.39, 0.29) is 37.5 Å². The molecule has 382 valence electrons. The highest BCUT2D eigenvalue weighted by Crippen LogP contribution is 2.16. The van der Waals surface area contributed by atoms with Gasteiger partial charge in [-0.25, -0.2) is 0 Å². The van der Waals surface area contributed by atoms with E-state index in [1.807, 2.05) is 6.08 Å². The van der Waals surface area contributed by atoms with Crippen LogP contribution in [0.4, 0.5) is 0 Å². The fourth-order valence-corrected chi connectivity index (χ4v) is 8.04. The van der Waals surface area contributed by atoms with Crippen LogP contribution in [0.25, 0.3) is 0 Å². The average molecular weight is 924 g/mol. The van der Waals surface area contributed by atoms with Gasteiger partial charge in [0.15, 0.2) is 6.10 Å². The molecular weight excluding hydrogens is 817 g/mol. The van der Waals surface area contributed by atoms with Gasteiger partial charge in [0.2, 0.25) is 0 Å². The molecule has 0 aliphatic rings. The lowest BCUT2D eigenvalue weighted by atomic mass is 10.0. The molecule has 66 heavy (non-hydrogen) atoms. The van der Waals surface area contributed by atoms with Crippen LogP contribution in [0.5, 0.6) is 0 Å². The second-order valence-electron chi connectivity index (χ2n) is 18.8. The van der Waals surface area contributed by atoms with Gasteiger partial charge in [0.05, 0.1) is 0 Å². The zero-order valence-corrected chi connectivity index (χ0v) is 43.7. The fraction of sp³-hybridized carbons (Fsp3) is 0.783. The average Bonchev–Trinajstić information content (AvgIpc) is 3.31. The van der Waals surface area contributed by atoms with E-state index in [9.17, 15) is 14.4 Å². The summed E-state index contributed by atoms with van der Waals surface area (Å²) >= 11 is 0. The van der Waals surface area contributed by atoms with E-state index >= 15 is 0 Å². The Morgan fingerprint density at radius 3 is 1.02 bits per heavy atom. The van der Waals surface area contributed by atoms with Gasteiger partial charge in [0.25, 0.3) is 0 Å². The third kappa shape index (κ3) is 52.1. The van der Waals surface area contributed by atoms with Crippen molar-refractivity contribution in [2.45, 2.75) is 290 Å². The second kappa shape index (κ2) is 54.7. The van der Waals surface area contributed by atoms with E-state index in [1.54, 1.807) is 0 Å². The maximum atomic E-state index is 12.8. The number of hydrogen-bond donors (Lipinski definition) is 0. The maximum Gasteiger partial charge on any atom is 0.306 e. The Balaban J connectivity index is 4.36. The van der Waals surface area contributed by atoms with Crippen LogP contribution < -0.4 is 0 Å². The Labute approximate surface area is 409 Å². The van der Waals surface area contributed by atoms with Gasteiger partial charge < -0.3 is 14.2 Å². The quantitative estimate of drug-likeness (QED) is 0.0262. The van der Waals surface area contributed by atoms with Gasteiger partial charge >= 0.3 is 17.9 Å². The smallest absolute Gasteiger partial charge is 0.306 e. The van der Waals surface area contributed by atoms with E-state index in [0.29, 0.717) is 19.3 Å². The first-order valence-corrected chi connectivity index (χ1v) is 28.3. The molecule has 0 aromatic carbocycles. The largest absolute Gasteiger partial charge is 0.462 e. The summed E-state index contributed by atoms with van der Waals surface area (Å²) in [5.74, 6) is -0.971. The summed E-state index contributed by atoms with van der Waals surface area (Å²) < 4.78 is 16.8. The van der Waals surface area contributed by atoms with Crippen molar-refractivity contribution in [3.63, 3.8) is 0 Å².